The number of nitrogens with zero attached hydrogens (tertiary/aromatic N) is 2. The molecule has 1 aromatic heterocycles. The maximum absolute atomic E-state index is 11.3. The molecule has 5 heteroatoms. The molecule has 0 radical (unpaired) electrons. The highest BCUT2D eigenvalue weighted by Gasteiger charge is 2.06. The van der Waals surface area contributed by atoms with Gasteiger partial charge in [0.1, 0.15) is 11.6 Å². The number of carbonyl (C=O) groups excluding carboxylic acids is 1. The zero-order chi connectivity index (χ0) is 13.0. The van der Waals surface area contributed by atoms with Crippen LogP contribution in [0.25, 0.3) is 17.2 Å². The Morgan fingerprint density at radius 3 is 3.06 bits per heavy atom. The second kappa shape index (κ2) is 5.15. The van der Waals surface area contributed by atoms with Gasteiger partial charge in [-0.1, -0.05) is 12.1 Å². The van der Waals surface area contributed by atoms with Gasteiger partial charge in [0.25, 0.3) is 0 Å². The van der Waals surface area contributed by atoms with Crippen LogP contribution in [0.1, 0.15) is 12.8 Å². The van der Waals surface area contributed by atoms with Gasteiger partial charge in [-0.25, -0.2) is 9.78 Å². The zero-order valence-corrected chi connectivity index (χ0v) is 9.66. The first-order chi connectivity index (χ1) is 8.69. The van der Waals surface area contributed by atoms with E-state index in [0.717, 1.165) is 5.52 Å². The van der Waals surface area contributed by atoms with Gasteiger partial charge in [-0.3, -0.25) is 0 Å². The lowest BCUT2D eigenvalue weighted by Gasteiger charge is -2.00. The van der Waals surface area contributed by atoms with Gasteiger partial charge in [0.2, 0.25) is 5.89 Å². The van der Waals surface area contributed by atoms with Crippen LogP contribution in [0.2, 0.25) is 0 Å². The van der Waals surface area contributed by atoms with E-state index in [2.05, 4.69) is 4.98 Å². The third kappa shape index (κ3) is 2.74. The van der Waals surface area contributed by atoms with E-state index in [1.165, 1.54) is 19.1 Å². The molecule has 0 aliphatic rings. The molecule has 0 bridgehead atoms. The average Bonchev–Trinajstić information content (AvgIpc) is 2.79. The minimum absolute atomic E-state index is 0.317. The lowest BCUT2D eigenvalue weighted by molar-refractivity contribution is -0.139. The summed E-state index contributed by atoms with van der Waals surface area (Å²) in [6.07, 6.45) is 1.82. The van der Waals surface area contributed by atoms with E-state index in [1.807, 2.05) is 18.2 Å². The average molecular weight is 242 g/mol. The SMILES string of the molecule is C[C@@H](C#N)OC(=O)/C=C/c1nc2ccccc2o1. The number of aromatic nitrogens is 1. The highest BCUT2D eigenvalue weighted by atomic mass is 16.5. The zero-order valence-electron chi connectivity index (χ0n) is 9.66. The molecule has 18 heavy (non-hydrogen) atoms. The Kier molecular flexibility index (Phi) is 3.39. The van der Waals surface area contributed by atoms with Crippen LogP contribution in [0.5, 0.6) is 0 Å². The van der Waals surface area contributed by atoms with Gasteiger partial charge in [-0.15, -0.1) is 0 Å². The molecule has 0 unspecified atom stereocenters. The van der Waals surface area contributed by atoms with Gasteiger partial charge < -0.3 is 9.15 Å². The van der Waals surface area contributed by atoms with E-state index in [-0.39, 0.29) is 0 Å². The highest BCUT2D eigenvalue weighted by Crippen LogP contribution is 2.15. The van der Waals surface area contributed by atoms with Gasteiger partial charge in [0, 0.05) is 12.2 Å². The molecule has 0 aliphatic carbocycles. The predicted molar refractivity (Wildman–Crippen MR) is 64.2 cm³/mol. The van der Waals surface area contributed by atoms with Crippen LogP contribution >= 0.6 is 0 Å². The number of fused-ring (bicyclic) bond motifs is 1. The van der Waals surface area contributed by atoms with Crippen molar-refractivity contribution in [3.8, 4) is 6.07 Å². The molecule has 90 valence electrons. The Labute approximate surface area is 103 Å². The molecule has 0 aliphatic heterocycles. The van der Waals surface area contributed by atoms with Crippen molar-refractivity contribution in [2.24, 2.45) is 0 Å². The maximum atomic E-state index is 11.3. The fourth-order valence-electron chi connectivity index (χ4n) is 1.34. The third-order valence-corrected chi connectivity index (χ3v) is 2.15. The van der Waals surface area contributed by atoms with Crippen LogP contribution in [-0.2, 0) is 9.53 Å². The molecule has 0 N–H and O–H groups in total. The summed E-state index contributed by atoms with van der Waals surface area (Å²) in [5.41, 5.74) is 1.37. The number of para-hydroxylation sites is 2. The van der Waals surface area contributed by atoms with Crippen molar-refractivity contribution in [1.82, 2.24) is 4.98 Å². The Morgan fingerprint density at radius 2 is 2.33 bits per heavy atom. The van der Waals surface area contributed by atoms with Crippen molar-refractivity contribution < 1.29 is 13.9 Å². The van der Waals surface area contributed by atoms with E-state index in [4.69, 9.17) is 14.4 Å². The minimum atomic E-state index is -0.772. The fourth-order valence-corrected chi connectivity index (χ4v) is 1.34. The number of oxazole rings is 1. The quantitative estimate of drug-likeness (QED) is 0.609. The van der Waals surface area contributed by atoms with Crippen molar-refractivity contribution in [3.05, 3.63) is 36.2 Å². The van der Waals surface area contributed by atoms with Crippen LogP contribution in [0.15, 0.2) is 34.8 Å². The summed E-state index contributed by atoms with van der Waals surface area (Å²) in [6.45, 7) is 1.49. The van der Waals surface area contributed by atoms with E-state index in [9.17, 15) is 4.79 Å². The lowest BCUT2D eigenvalue weighted by Crippen LogP contribution is -2.10. The van der Waals surface area contributed by atoms with Crippen LogP contribution < -0.4 is 0 Å². The molecule has 1 heterocycles. The number of carbonyl (C=O) groups is 1. The van der Waals surface area contributed by atoms with E-state index in [0.29, 0.717) is 11.5 Å². The minimum Gasteiger partial charge on any atom is -0.444 e. The van der Waals surface area contributed by atoms with Crippen molar-refractivity contribution >= 4 is 23.1 Å². The molecule has 0 saturated carbocycles. The lowest BCUT2D eigenvalue weighted by atomic mass is 10.3. The van der Waals surface area contributed by atoms with Crippen molar-refractivity contribution in [2.75, 3.05) is 0 Å². The van der Waals surface area contributed by atoms with Crippen LogP contribution in [0.3, 0.4) is 0 Å². The molecule has 5 nitrogen and oxygen atoms in total. The summed E-state index contributed by atoms with van der Waals surface area (Å²) < 4.78 is 10.1. The summed E-state index contributed by atoms with van der Waals surface area (Å²) in [5.74, 6) is -0.288. The number of esters is 1. The number of hydrogen-bond donors (Lipinski definition) is 0. The molecular formula is C13H10N2O3. The second-order valence-electron chi connectivity index (χ2n) is 3.56. The first-order valence-electron chi connectivity index (χ1n) is 5.33. The normalized spacial score (nSPS) is 12.4. The number of nitriles is 1. The molecule has 0 amide bonds. The number of benzene rings is 1. The third-order valence-electron chi connectivity index (χ3n) is 2.15. The summed E-state index contributed by atoms with van der Waals surface area (Å²) in [5, 5.41) is 8.48. The summed E-state index contributed by atoms with van der Waals surface area (Å²) in [4.78, 5) is 15.4. The van der Waals surface area contributed by atoms with Gasteiger partial charge in [-0.2, -0.15) is 5.26 Å². The largest absolute Gasteiger partial charge is 0.444 e. The van der Waals surface area contributed by atoms with Crippen molar-refractivity contribution in [3.63, 3.8) is 0 Å². The monoisotopic (exact) mass is 242 g/mol. The number of rotatable bonds is 3. The molecule has 0 saturated heterocycles. The van der Waals surface area contributed by atoms with Crippen molar-refractivity contribution in [2.45, 2.75) is 13.0 Å². The molecule has 2 rings (SSSR count). The molecule has 1 aromatic carbocycles. The Hall–Kier alpha value is -2.61. The van der Waals surface area contributed by atoms with Gasteiger partial charge >= 0.3 is 5.97 Å². The first kappa shape index (κ1) is 11.9. The smallest absolute Gasteiger partial charge is 0.332 e. The van der Waals surface area contributed by atoms with E-state index in [1.54, 1.807) is 12.1 Å². The van der Waals surface area contributed by atoms with E-state index >= 15 is 0 Å². The van der Waals surface area contributed by atoms with Crippen LogP contribution in [0, 0.1) is 11.3 Å². The van der Waals surface area contributed by atoms with Crippen LogP contribution in [0.4, 0.5) is 0 Å². The van der Waals surface area contributed by atoms with Crippen molar-refractivity contribution in [1.29, 1.82) is 5.26 Å². The molecule has 1 atom stereocenters. The second-order valence-corrected chi connectivity index (χ2v) is 3.56. The first-order valence-corrected chi connectivity index (χ1v) is 5.33. The fraction of sp³-hybridized carbons (Fsp3) is 0.154. The standard InChI is InChI=1S/C13H10N2O3/c1-9(8-14)17-13(16)7-6-12-15-10-4-2-3-5-11(10)18-12/h2-7,9H,1H3/b7-6+/t9-/m0/s1. The maximum Gasteiger partial charge on any atom is 0.332 e. The Bertz CT molecular complexity index is 604. The molecule has 0 fully saturated rings. The predicted octanol–water partition coefficient (Wildman–Crippen LogP) is 2.30. The Balaban J connectivity index is 2.09. The van der Waals surface area contributed by atoms with E-state index < -0.39 is 12.1 Å². The van der Waals surface area contributed by atoms with Gasteiger partial charge in [-0.05, 0) is 19.1 Å². The number of ether oxygens (including phenoxy) is 1. The summed E-state index contributed by atoms with van der Waals surface area (Å²) >= 11 is 0. The van der Waals surface area contributed by atoms with Gasteiger partial charge in [0.15, 0.2) is 11.7 Å². The number of hydrogen-bond acceptors (Lipinski definition) is 5. The van der Waals surface area contributed by atoms with Crippen LogP contribution in [-0.4, -0.2) is 17.1 Å². The molecular weight excluding hydrogens is 232 g/mol. The summed E-state index contributed by atoms with van der Waals surface area (Å²) in [6, 6.07) is 9.08. The summed E-state index contributed by atoms with van der Waals surface area (Å²) in [7, 11) is 0. The topological polar surface area (TPSA) is 76.1 Å². The van der Waals surface area contributed by atoms with Gasteiger partial charge in [0.05, 0.1) is 0 Å². The highest BCUT2D eigenvalue weighted by molar-refractivity contribution is 5.87. The molecule has 2 aromatic rings. The molecule has 0 spiro atoms. The Morgan fingerprint density at radius 1 is 1.56 bits per heavy atom.